The molecule has 0 saturated heterocycles. The molecular weight excluding hydrogens is 228 g/mol. The van der Waals surface area contributed by atoms with E-state index in [0.717, 1.165) is 58.4 Å². The van der Waals surface area contributed by atoms with Crippen molar-refractivity contribution in [2.75, 3.05) is 45.8 Å². The molecule has 9 N–H and O–H groups in total. The maximum atomic E-state index is 6.10. The molecule has 1 unspecified atom stereocenters. The lowest BCUT2D eigenvalue weighted by atomic mass is 10.2. The summed E-state index contributed by atoms with van der Waals surface area (Å²) in [5, 5.41) is 3.37. The third-order valence-electron chi connectivity index (χ3n) is 2.94. The van der Waals surface area contributed by atoms with E-state index in [-0.39, 0.29) is 6.17 Å². The van der Waals surface area contributed by atoms with Crippen molar-refractivity contribution in [2.45, 2.75) is 31.8 Å². The number of nitrogens with zero attached hydrogens (tertiary/aromatic N) is 1. The van der Waals surface area contributed by atoms with Crippen molar-refractivity contribution in [3.05, 3.63) is 0 Å². The molecule has 0 saturated carbocycles. The second kappa shape index (κ2) is 13.2. The van der Waals surface area contributed by atoms with Crippen LogP contribution in [0.1, 0.15) is 25.7 Å². The topological polar surface area (TPSA) is 119 Å². The first-order chi connectivity index (χ1) is 8.76. The van der Waals surface area contributed by atoms with Crippen LogP contribution >= 0.6 is 0 Å². The van der Waals surface area contributed by atoms with Crippen LogP contribution in [0.5, 0.6) is 0 Å². The maximum Gasteiger partial charge on any atom is 0.0583 e. The highest BCUT2D eigenvalue weighted by atomic mass is 15.2. The Bertz CT molecular complexity index is 167. The number of nitrogens with one attached hydrogen (secondary N) is 1. The van der Waals surface area contributed by atoms with Gasteiger partial charge in [0, 0.05) is 13.1 Å². The van der Waals surface area contributed by atoms with Gasteiger partial charge in [-0.15, -0.1) is 0 Å². The van der Waals surface area contributed by atoms with Crippen LogP contribution < -0.4 is 28.3 Å². The van der Waals surface area contributed by atoms with Gasteiger partial charge in [-0.3, -0.25) is 4.90 Å². The molecule has 0 amide bonds. The zero-order valence-corrected chi connectivity index (χ0v) is 11.6. The minimum Gasteiger partial charge on any atom is -0.330 e. The highest BCUT2D eigenvalue weighted by molar-refractivity contribution is 4.67. The van der Waals surface area contributed by atoms with Crippen molar-refractivity contribution in [1.82, 2.24) is 10.2 Å². The number of hydrogen-bond acceptors (Lipinski definition) is 6. The van der Waals surface area contributed by atoms with Crippen molar-refractivity contribution >= 4 is 0 Å². The van der Waals surface area contributed by atoms with Gasteiger partial charge in [0.05, 0.1) is 6.17 Å². The van der Waals surface area contributed by atoms with E-state index in [9.17, 15) is 0 Å². The lowest BCUT2D eigenvalue weighted by Crippen LogP contribution is -2.45. The molecule has 6 nitrogen and oxygen atoms in total. The second-order valence-electron chi connectivity index (χ2n) is 4.57. The van der Waals surface area contributed by atoms with E-state index >= 15 is 0 Å². The van der Waals surface area contributed by atoms with Crippen molar-refractivity contribution < 1.29 is 0 Å². The Balaban J connectivity index is 3.71. The fourth-order valence-corrected chi connectivity index (χ4v) is 1.85. The van der Waals surface area contributed by atoms with Crippen LogP contribution in [-0.4, -0.2) is 56.9 Å². The summed E-state index contributed by atoms with van der Waals surface area (Å²) in [5.41, 5.74) is 22.6. The molecule has 1 atom stereocenters. The normalized spacial score (nSPS) is 13.2. The Morgan fingerprint density at radius 2 is 1.44 bits per heavy atom. The van der Waals surface area contributed by atoms with Crippen LogP contribution in [-0.2, 0) is 0 Å². The molecule has 0 aromatic heterocycles. The summed E-state index contributed by atoms with van der Waals surface area (Å²) < 4.78 is 0. The zero-order valence-electron chi connectivity index (χ0n) is 11.6. The third-order valence-corrected chi connectivity index (χ3v) is 2.94. The summed E-state index contributed by atoms with van der Waals surface area (Å²) in [4.78, 5) is 2.28. The molecule has 0 radical (unpaired) electrons. The van der Waals surface area contributed by atoms with Crippen LogP contribution in [0.3, 0.4) is 0 Å². The minimum absolute atomic E-state index is 0.0607. The molecule has 0 heterocycles. The van der Waals surface area contributed by atoms with Gasteiger partial charge in [-0.05, 0) is 58.4 Å². The molecule has 0 aromatic rings. The van der Waals surface area contributed by atoms with Gasteiger partial charge in [0.1, 0.15) is 0 Å². The Morgan fingerprint density at radius 3 is 2.06 bits per heavy atom. The Morgan fingerprint density at radius 1 is 0.833 bits per heavy atom. The summed E-state index contributed by atoms with van der Waals surface area (Å²) in [6, 6.07) is 0. The quantitative estimate of drug-likeness (QED) is 0.205. The van der Waals surface area contributed by atoms with Crippen LogP contribution in [0.25, 0.3) is 0 Å². The van der Waals surface area contributed by atoms with Crippen LogP contribution in [0.15, 0.2) is 0 Å². The first-order valence-electron chi connectivity index (χ1n) is 7.06. The summed E-state index contributed by atoms with van der Waals surface area (Å²) in [7, 11) is 0. The Kier molecular flexibility index (Phi) is 13.0. The minimum atomic E-state index is 0.0607. The fourth-order valence-electron chi connectivity index (χ4n) is 1.85. The van der Waals surface area contributed by atoms with E-state index in [0.29, 0.717) is 13.1 Å². The molecule has 0 bridgehead atoms. The van der Waals surface area contributed by atoms with E-state index in [1.165, 1.54) is 0 Å². The van der Waals surface area contributed by atoms with Crippen molar-refractivity contribution in [3.8, 4) is 0 Å². The zero-order chi connectivity index (χ0) is 13.6. The van der Waals surface area contributed by atoms with E-state index in [2.05, 4.69) is 10.2 Å². The molecule has 0 aliphatic carbocycles. The Labute approximate surface area is 111 Å². The van der Waals surface area contributed by atoms with Crippen LogP contribution in [0.4, 0.5) is 0 Å². The maximum absolute atomic E-state index is 6.10. The standard InChI is InChI=1S/C12H32N6/c13-5-1-8-17-9-3-11-18(10-2-6-14)12(16)4-7-15/h12,17H,1-11,13-16H2. The summed E-state index contributed by atoms with van der Waals surface area (Å²) in [5.74, 6) is 0. The number of hydrogen-bond donors (Lipinski definition) is 5. The van der Waals surface area contributed by atoms with Gasteiger partial charge in [-0.25, -0.2) is 0 Å². The lowest BCUT2D eigenvalue weighted by molar-refractivity contribution is 0.188. The summed E-state index contributed by atoms with van der Waals surface area (Å²) >= 11 is 0. The molecule has 0 spiro atoms. The molecule has 0 aromatic carbocycles. The van der Waals surface area contributed by atoms with Gasteiger partial charge in [0.2, 0.25) is 0 Å². The number of rotatable bonds is 13. The SMILES string of the molecule is NCCCNCCCN(CCCN)C(N)CCN. The largest absolute Gasteiger partial charge is 0.330 e. The summed E-state index contributed by atoms with van der Waals surface area (Å²) in [6.45, 7) is 6.05. The average Bonchev–Trinajstić information content (AvgIpc) is 2.37. The highest BCUT2D eigenvalue weighted by Gasteiger charge is 2.12. The monoisotopic (exact) mass is 260 g/mol. The smallest absolute Gasteiger partial charge is 0.0583 e. The fraction of sp³-hybridized carbons (Fsp3) is 1.00. The first kappa shape index (κ1) is 17.8. The predicted octanol–water partition coefficient (Wildman–Crippen LogP) is -1.40. The van der Waals surface area contributed by atoms with Crippen molar-refractivity contribution in [1.29, 1.82) is 0 Å². The van der Waals surface area contributed by atoms with Gasteiger partial charge >= 0.3 is 0 Å². The summed E-state index contributed by atoms with van der Waals surface area (Å²) in [6.07, 6.45) is 4.01. The molecule has 18 heavy (non-hydrogen) atoms. The molecule has 0 rings (SSSR count). The molecular formula is C12H32N6. The Hall–Kier alpha value is -0.240. The van der Waals surface area contributed by atoms with Crippen molar-refractivity contribution in [3.63, 3.8) is 0 Å². The predicted molar refractivity (Wildman–Crippen MR) is 78.0 cm³/mol. The van der Waals surface area contributed by atoms with E-state index in [1.807, 2.05) is 0 Å². The average molecular weight is 260 g/mol. The van der Waals surface area contributed by atoms with Gasteiger partial charge in [-0.1, -0.05) is 0 Å². The van der Waals surface area contributed by atoms with E-state index in [4.69, 9.17) is 22.9 Å². The van der Waals surface area contributed by atoms with Crippen molar-refractivity contribution in [2.24, 2.45) is 22.9 Å². The highest BCUT2D eigenvalue weighted by Crippen LogP contribution is 2.00. The molecule has 0 aliphatic heterocycles. The van der Waals surface area contributed by atoms with Crippen LogP contribution in [0.2, 0.25) is 0 Å². The molecule has 110 valence electrons. The van der Waals surface area contributed by atoms with Gasteiger partial charge in [0.15, 0.2) is 0 Å². The molecule has 0 aliphatic rings. The van der Waals surface area contributed by atoms with E-state index < -0.39 is 0 Å². The van der Waals surface area contributed by atoms with Crippen LogP contribution in [0, 0.1) is 0 Å². The lowest BCUT2D eigenvalue weighted by Gasteiger charge is -2.28. The van der Waals surface area contributed by atoms with Gasteiger partial charge in [-0.2, -0.15) is 0 Å². The van der Waals surface area contributed by atoms with Gasteiger partial charge < -0.3 is 28.3 Å². The first-order valence-corrected chi connectivity index (χ1v) is 7.06. The van der Waals surface area contributed by atoms with E-state index in [1.54, 1.807) is 0 Å². The number of nitrogens with two attached hydrogens (primary N) is 4. The van der Waals surface area contributed by atoms with Gasteiger partial charge in [0.25, 0.3) is 0 Å². The third kappa shape index (κ3) is 9.76. The second-order valence-corrected chi connectivity index (χ2v) is 4.57. The molecule has 6 heteroatoms. The molecule has 0 fully saturated rings.